The van der Waals surface area contributed by atoms with Crippen LogP contribution in [-0.4, -0.2) is 51.1 Å². The first kappa shape index (κ1) is 22.0. The predicted molar refractivity (Wildman–Crippen MR) is 122 cm³/mol. The lowest BCUT2D eigenvalue weighted by molar-refractivity contribution is -0.117. The number of nitrogens with zero attached hydrogens (tertiary/aromatic N) is 6. The van der Waals surface area contributed by atoms with Crippen molar-refractivity contribution in [2.45, 2.75) is 25.6 Å². The number of nitrogens with two attached hydrogens (primary N) is 1. The third kappa shape index (κ3) is 5.19. The number of pyridine rings is 2. The highest BCUT2D eigenvalue weighted by atomic mass is 19.1. The lowest BCUT2D eigenvalue weighted by Crippen LogP contribution is -2.32. The third-order valence-electron chi connectivity index (χ3n) is 5.05. The molecule has 3 aromatic rings. The topological polar surface area (TPSA) is 146 Å². The molecule has 1 amide bonds. The molecule has 4 heterocycles. The van der Waals surface area contributed by atoms with Gasteiger partial charge in [-0.2, -0.15) is 5.26 Å². The SMILES string of the molecule is CC(N)C(=O)Nc1ccc(Nc2nccc(-c3cnc(N4CC[C@H](F)C4)c(C#N)c3)n2)cn1. The number of anilines is 4. The Morgan fingerprint density at radius 3 is 2.82 bits per heavy atom. The first-order valence-corrected chi connectivity index (χ1v) is 10.3. The van der Waals surface area contributed by atoms with Gasteiger partial charge in [-0.1, -0.05) is 0 Å². The molecule has 168 valence electrons. The van der Waals surface area contributed by atoms with Crippen molar-refractivity contribution < 1.29 is 9.18 Å². The average Bonchev–Trinajstić information content (AvgIpc) is 3.26. The third-order valence-corrected chi connectivity index (χ3v) is 5.05. The maximum atomic E-state index is 13.6. The molecule has 0 bridgehead atoms. The molecule has 10 nitrogen and oxygen atoms in total. The summed E-state index contributed by atoms with van der Waals surface area (Å²) in [6, 6.07) is 8.26. The quantitative estimate of drug-likeness (QED) is 0.518. The molecule has 4 rings (SSSR count). The lowest BCUT2D eigenvalue weighted by Gasteiger charge is -2.18. The second-order valence-electron chi connectivity index (χ2n) is 7.64. The Kier molecular flexibility index (Phi) is 6.37. The van der Waals surface area contributed by atoms with E-state index in [9.17, 15) is 14.4 Å². The predicted octanol–water partition coefficient (Wildman–Crippen LogP) is 2.38. The summed E-state index contributed by atoms with van der Waals surface area (Å²) < 4.78 is 13.6. The van der Waals surface area contributed by atoms with Crippen molar-refractivity contribution in [1.29, 1.82) is 5.26 Å². The van der Waals surface area contributed by atoms with E-state index in [2.05, 4.69) is 36.6 Å². The van der Waals surface area contributed by atoms with E-state index in [0.29, 0.717) is 53.1 Å². The molecule has 0 saturated carbocycles. The summed E-state index contributed by atoms with van der Waals surface area (Å²) in [4.78, 5) is 30.7. The highest BCUT2D eigenvalue weighted by molar-refractivity contribution is 5.93. The molecule has 0 radical (unpaired) electrons. The number of hydrogen-bond acceptors (Lipinski definition) is 9. The fourth-order valence-corrected chi connectivity index (χ4v) is 3.33. The zero-order chi connectivity index (χ0) is 23.4. The molecule has 33 heavy (non-hydrogen) atoms. The van der Waals surface area contributed by atoms with Crippen LogP contribution >= 0.6 is 0 Å². The molecule has 2 atom stereocenters. The van der Waals surface area contributed by atoms with Gasteiger partial charge in [0.2, 0.25) is 11.9 Å². The Balaban J connectivity index is 1.50. The van der Waals surface area contributed by atoms with Crippen molar-refractivity contribution in [2.75, 3.05) is 28.6 Å². The van der Waals surface area contributed by atoms with E-state index >= 15 is 0 Å². The van der Waals surface area contributed by atoms with Crippen molar-refractivity contribution >= 4 is 29.2 Å². The van der Waals surface area contributed by atoms with Gasteiger partial charge in [0.15, 0.2) is 0 Å². The van der Waals surface area contributed by atoms with Gasteiger partial charge in [0, 0.05) is 24.5 Å². The van der Waals surface area contributed by atoms with Crippen LogP contribution in [0.5, 0.6) is 0 Å². The summed E-state index contributed by atoms with van der Waals surface area (Å²) in [6.07, 6.45) is 4.27. The number of rotatable bonds is 6. The molecular formula is C22H22FN9O. The molecule has 1 fully saturated rings. The summed E-state index contributed by atoms with van der Waals surface area (Å²) in [5.41, 5.74) is 7.73. The fourth-order valence-electron chi connectivity index (χ4n) is 3.33. The number of carbonyl (C=O) groups is 1. The second kappa shape index (κ2) is 9.54. The summed E-state index contributed by atoms with van der Waals surface area (Å²) in [7, 11) is 0. The zero-order valence-electron chi connectivity index (χ0n) is 17.9. The number of aromatic nitrogens is 4. The van der Waals surface area contributed by atoms with Gasteiger partial charge in [0.05, 0.1) is 35.7 Å². The van der Waals surface area contributed by atoms with Crippen LogP contribution in [-0.2, 0) is 4.79 Å². The standard InChI is InChI=1S/C22H22FN9O/c1-13(25)21(33)31-19-3-2-17(11-27-19)29-22-26-6-4-18(30-22)15-8-14(9-24)20(28-10-15)32-7-5-16(23)12-32/h2-4,6,8,10-11,13,16H,5,7,12,25H2,1H3,(H,26,29,30)(H,27,31,33)/t13?,16-/m0/s1. The van der Waals surface area contributed by atoms with Crippen molar-refractivity contribution in [1.82, 2.24) is 19.9 Å². The number of halogens is 1. The second-order valence-corrected chi connectivity index (χ2v) is 7.64. The van der Waals surface area contributed by atoms with E-state index in [1.807, 2.05) is 0 Å². The molecule has 1 unspecified atom stereocenters. The van der Waals surface area contributed by atoms with Crippen molar-refractivity contribution in [3.63, 3.8) is 0 Å². The molecule has 3 aromatic heterocycles. The van der Waals surface area contributed by atoms with E-state index in [1.54, 1.807) is 48.5 Å². The number of alkyl halides is 1. The number of amides is 1. The average molecular weight is 447 g/mol. The molecule has 1 aliphatic heterocycles. The van der Waals surface area contributed by atoms with Crippen LogP contribution in [0.1, 0.15) is 18.9 Å². The molecule has 0 spiro atoms. The highest BCUT2D eigenvalue weighted by Gasteiger charge is 2.25. The van der Waals surface area contributed by atoms with E-state index in [4.69, 9.17) is 5.73 Å². The van der Waals surface area contributed by atoms with Gasteiger partial charge in [-0.15, -0.1) is 0 Å². The smallest absolute Gasteiger partial charge is 0.242 e. The van der Waals surface area contributed by atoms with E-state index in [-0.39, 0.29) is 12.5 Å². The minimum atomic E-state index is -0.905. The van der Waals surface area contributed by atoms with Crippen LogP contribution < -0.4 is 21.3 Å². The largest absolute Gasteiger partial charge is 0.352 e. The van der Waals surface area contributed by atoms with Crippen LogP contribution in [0.15, 0.2) is 42.9 Å². The molecule has 0 aromatic carbocycles. The lowest BCUT2D eigenvalue weighted by atomic mass is 10.1. The number of nitrogens with one attached hydrogen (secondary N) is 2. The van der Waals surface area contributed by atoms with Gasteiger partial charge in [-0.25, -0.2) is 24.3 Å². The normalized spacial score (nSPS) is 16.2. The first-order chi connectivity index (χ1) is 15.9. The zero-order valence-corrected chi connectivity index (χ0v) is 17.9. The van der Waals surface area contributed by atoms with Crippen molar-refractivity contribution in [3.05, 3.63) is 48.4 Å². The van der Waals surface area contributed by atoms with E-state index in [1.165, 1.54) is 6.20 Å². The minimum Gasteiger partial charge on any atom is -0.352 e. The summed E-state index contributed by atoms with van der Waals surface area (Å²) >= 11 is 0. The van der Waals surface area contributed by atoms with E-state index in [0.717, 1.165) is 0 Å². The van der Waals surface area contributed by atoms with Gasteiger partial charge < -0.3 is 21.3 Å². The van der Waals surface area contributed by atoms with Gasteiger partial charge >= 0.3 is 0 Å². The number of hydrogen-bond donors (Lipinski definition) is 3. The molecule has 0 aliphatic carbocycles. The molecule has 4 N–H and O–H groups in total. The Morgan fingerprint density at radius 2 is 2.15 bits per heavy atom. The molecule has 1 aliphatic rings. The highest BCUT2D eigenvalue weighted by Crippen LogP contribution is 2.27. The Hall–Kier alpha value is -4.17. The van der Waals surface area contributed by atoms with Crippen LogP contribution in [0.4, 0.5) is 27.7 Å². The Bertz CT molecular complexity index is 1190. The Morgan fingerprint density at radius 1 is 1.30 bits per heavy atom. The molecular weight excluding hydrogens is 425 g/mol. The van der Waals surface area contributed by atoms with Crippen molar-refractivity contribution in [3.8, 4) is 17.3 Å². The van der Waals surface area contributed by atoms with Gasteiger partial charge in [0.1, 0.15) is 23.9 Å². The maximum Gasteiger partial charge on any atom is 0.242 e. The number of carbonyl (C=O) groups excluding carboxylic acids is 1. The summed E-state index contributed by atoms with van der Waals surface area (Å²) in [6.45, 7) is 2.36. The van der Waals surface area contributed by atoms with Crippen LogP contribution in [0, 0.1) is 11.3 Å². The van der Waals surface area contributed by atoms with Crippen LogP contribution in [0.2, 0.25) is 0 Å². The van der Waals surface area contributed by atoms with Gasteiger partial charge in [0.25, 0.3) is 0 Å². The Labute approximate surface area is 189 Å². The van der Waals surface area contributed by atoms with Crippen LogP contribution in [0.25, 0.3) is 11.3 Å². The van der Waals surface area contributed by atoms with Gasteiger partial charge in [-0.05, 0) is 37.6 Å². The summed E-state index contributed by atoms with van der Waals surface area (Å²) in [5.74, 6) is 0.856. The first-order valence-electron chi connectivity index (χ1n) is 10.3. The number of nitriles is 1. The van der Waals surface area contributed by atoms with Gasteiger partial charge in [-0.3, -0.25) is 4.79 Å². The minimum absolute atomic E-state index is 0.240. The van der Waals surface area contributed by atoms with E-state index < -0.39 is 12.2 Å². The monoisotopic (exact) mass is 447 g/mol. The molecule has 11 heteroatoms. The van der Waals surface area contributed by atoms with Crippen LogP contribution in [0.3, 0.4) is 0 Å². The summed E-state index contributed by atoms with van der Waals surface area (Å²) in [5, 5.41) is 15.2. The van der Waals surface area contributed by atoms with Crippen molar-refractivity contribution in [2.24, 2.45) is 5.73 Å². The fraction of sp³-hybridized carbons (Fsp3) is 0.273. The molecule has 1 saturated heterocycles. The maximum absolute atomic E-state index is 13.6.